The Kier molecular flexibility index (Phi) is 6.86. The van der Waals surface area contributed by atoms with Gasteiger partial charge in [0, 0.05) is 39.4 Å². The van der Waals surface area contributed by atoms with Crippen LogP contribution in [0.1, 0.15) is 5.56 Å². The highest BCUT2D eigenvalue weighted by atomic mass is 19.4. The third kappa shape index (κ3) is 5.25. The number of aliphatic imine (C=N–C) groups is 1. The highest BCUT2D eigenvalue weighted by Crippen LogP contribution is 2.34. The lowest BCUT2D eigenvalue weighted by Gasteiger charge is -2.37. The van der Waals surface area contributed by atoms with E-state index < -0.39 is 17.6 Å². The van der Waals surface area contributed by atoms with Gasteiger partial charge in [0.15, 0.2) is 5.96 Å². The zero-order valence-electron chi connectivity index (χ0n) is 16.6. The van der Waals surface area contributed by atoms with Gasteiger partial charge in [-0.15, -0.1) is 0 Å². The van der Waals surface area contributed by atoms with Crippen LogP contribution in [-0.2, 0) is 6.18 Å². The monoisotopic (exact) mass is 423 g/mol. The Hall–Kier alpha value is -3.17. The number of hydrogen-bond donors (Lipinski definition) is 2. The lowest BCUT2D eigenvalue weighted by Crippen LogP contribution is -2.53. The van der Waals surface area contributed by atoms with Gasteiger partial charge in [0.2, 0.25) is 5.88 Å². The molecule has 0 bridgehead atoms. The lowest BCUT2D eigenvalue weighted by atomic mass is 10.2. The number of benzene rings is 1. The topological polar surface area (TPSA) is 73.2 Å². The minimum Gasteiger partial charge on any atom is -0.506 e. The zero-order chi connectivity index (χ0) is 21.6. The van der Waals surface area contributed by atoms with Crippen LogP contribution < -0.4 is 15.0 Å². The number of halogens is 3. The van der Waals surface area contributed by atoms with Crippen molar-refractivity contribution in [2.45, 2.75) is 6.18 Å². The summed E-state index contributed by atoms with van der Waals surface area (Å²) in [6.45, 7) is 3.08. The molecule has 0 amide bonds. The van der Waals surface area contributed by atoms with Crippen LogP contribution in [0.4, 0.5) is 18.9 Å². The number of phenolic OH excluding ortho intramolecular Hbond substituents is 1. The Balaban J connectivity index is 1.48. The van der Waals surface area contributed by atoms with Crippen molar-refractivity contribution in [2.24, 2.45) is 4.99 Å². The molecule has 0 radical (unpaired) electrons. The molecule has 0 unspecified atom stereocenters. The molecule has 1 aromatic carbocycles. The predicted molar refractivity (Wildman–Crippen MR) is 108 cm³/mol. The molecule has 0 aliphatic carbocycles. The summed E-state index contributed by atoms with van der Waals surface area (Å²) in [5.41, 5.74) is -0.0982. The van der Waals surface area contributed by atoms with E-state index in [9.17, 15) is 18.3 Å². The second kappa shape index (κ2) is 9.55. The predicted octanol–water partition coefficient (Wildman–Crippen LogP) is 2.58. The van der Waals surface area contributed by atoms with Crippen molar-refractivity contribution in [3.05, 3.63) is 48.2 Å². The quantitative estimate of drug-likeness (QED) is 0.438. The Bertz CT molecular complexity index is 868. The van der Waals surface area contributed by atoms with Crippen LogP contribution in [0.5, 0.6) is 11.6 Å². The molecule has 1 aromatic heterocycles. The summed E-state index contributed by atoms with van der Waals surface area (Å²) in [5.74, 6) is 0.462. The van der Waals surface area contributed by atoms with Crippen LogP contribution in [-0.4, -0.2) is 67.3 Å². The van der Waals surface area contributed by atoms with E-state index in [0.29, 0.717) is 32.1 Å². The van der Waals surface area contributed by atoms with Gasteiger partial charge in [-0.25, -0.2) is 4.98 Å². The van der Waals surface area contributed by atoms with Crippen LogP contribution in [0.15, 0.2) is 47.6 Å². The number of nitrogens with one attached hydrogen (secondary N) is 1. The first-order valence-electron chi connectivity index (χ1n) is 9.53. The molecule has 7 nitrogen and oxygen atoms in total. The molecular formula is C20H24F3N5O2. The Morgan fingerprint density at radius 3 is 2.57 bits per heavy atom. The van der Waals surface area contributed by atoms with Gasteiger partial charge >= 0.3 is 6.18 Å². The van der Waals surface area contributed by atoms with Crippen molar-refractivity contribution in [3.63, 3.8) is 0 Å². The Labute approximate surface area is 172 Å². The number of aromatic hydroxyl groups is 1. The number of hydrogen-bond acceptors (Lipinski definition) is 5. The number of guanidine groups is 1. The summed E-state index contributed by atoms with van der Waals surface area (Å²) in [5, 5.41) is 13.1. The number of para-hydroxylation sites is 2. The van der Waals surface area contributed by atoms with Crippen molar-refractivity contribution in [2.75, 3.05) is 51.3 Å². The molecule has 1 fully saturated rings. The summed E-state index contributed by atoms with van der Waals surface area (Å²) >= 11 is 0. The summed E-state index contributed by atoms with van der Waals surface area (Å²) in [6.07, 6.45) is -3.25. The van der Waals surface area contributed by atoms with Crippen LogP contribution in [0, 0.1) is 0 Å². The molecule has 3 rings (SSSR count). The Morgan fingerprint density at radius 1 is 1.17 bits per heavy atom. The zero-order valence-corrected chi connectivity index (χ0v) is 16.6. The first-order chi connectivity index (χ1) is 14.4. The molecule has 0 spiro atoms. The van der Waals surface area contributed by atoms with Crippen LogP contribution in [0.3, 0.4) is 0 Å². The Morgan fingerprint density at radius 2 is 1.90 bits per heavy atom. The lowest BCUT2D eigenvalue weighted by molar-refractivity contribution is -0.139. The summed E-state index contributed by atoms with van der Waals surface area (Å²) in [6, 6.07) is 9.37. The normalized spacial score (nSPS) is 15.3. The molecule has 2 heterocycles. The molecule has 1 saturated heterocycles. The fraction of sp³-hybridized carbons (Fsp3) is 0.400. The average Bonchev–Trinajstić information content (AvgIpc) is 2.74. The standard InChI is InChI=1S/C20H24F3N5O2/c1-24-19(26-9-14-30-18-15(20(21,22)23)5-4-8-25-18)28-12-10-27(11-13-28)16-6-2-3-7-17(16)29/h2-8,29H,9-14H2,1H3,(H,24,26). The van der Waals surface area contributed by atoms with E-state index in [4.69, 9.17) is 4.74 Å². The van der Waals surface area contributed by atoms with E-state index in [1.165, 1.54) is 12.3 Å². The van der Waals surface area contributed by atoms with E-state index in [2.05, 4.69) is 25.1 Å². The van der Waals surface area contributed by atoms with Crippen molar-refractivity contribution >= 4 is 11.6 Å². The molecule has 0 atom stereocenters. The van der Waals surface area contributed by atoms with Crippen molar-refractivity contribution < 1.29 is 23.0 Å². The summed E-state index contributed by atoms with van der Waals surface area (Å²) < 4.78 is 44.2. The van der Waals surface area contributed by atoms with E-state index in [1.807, 2.05) is 12.1 Å². The van der Waals surface area contributed by atoms with E-state index in [0.717, 1.165) is 11.8 Å². The van der Waals surface area contributed by atoms with Crippen molar-refractivity contribution in [3.8, 4) is 11.6 Å². The second-order valence-corrected chi connectivity index (χ2v) is 6.64. The van der Waals surface area contributed by atoms with Gasteiger partial charge in [-0.05, 0) is 24.3 Å². The second-order valence-electron chi connectivity index (χ2n) is 6.64. The number of rotatable bonds is 5. The van der Waals surface area contributed by atoms with E-state index in [1.54, 1.807) is 19.2 Å². The molecule has 162 valence electrons. The van der Waals surface area contributed by atoms with Gasteiger partial charge in [0.25, 0.3) is 0 Å². The molecule has 2 N–H and O–H groups in total. The largest absolute Gasteiger partial charge is 0.506 e. The summed E-state index contributed by atoms with van der Waals surface area (Å²) in [7, 11) is 1.65. The molecular weight excluding hydrogens is 399 g/mol. The molecule has 1 aliphatic heterocycles. The van der Waals surface area contributed by atoms with Gasteiger partial charge in [0.05, 0.1) is 12.2 Å². The highest BCUT2D eigenvalue weighted by molar-refractivity contribution is 5.80. The number of phenols is 1. The number of nitrogens with zero attached hydrogens (tertiary/aromatic N) is 4. The fourth-order valence-corrected chi connectivity index (χ4v) is 3.26. The summed E-state index contributed by atoms with van der Waals surface area (Å²) in [4.78, 5) is 12.1. The first-order valence-corrected chi connectivity index (χ1v) is 9.53. The average molecular weight is 423 g/mol. The molecule has 30 heavy (non-hydrogen) atoms. The maximum absolute atomic E-state index is 13.0. The number of pyridine rings is 1. The van der Waals surface area contributed by atoms with E-state index in [-0.39, 0.29) is 18.9 Å². The SMILES string of the molecule is CN=C(NCCOc1ncccc1C(F)(F)F)N1CCN(c2ccccc2O)CC1. The number of ether oxygens (including phenoxy) is 1. The van der Waals surface area contributed by atoms with Gasteiger partial charge < -0.3 is 25.0 Å². The van der Waals surface area contributed by atoms with Crippen LogP contribution >= 0.6 is 0 Å². The van der Waals surface area contributed by atoms with Crippen molar-refractivity contribution in [1.29, 1.82) is 0 Å². The number of alkyl halides is 3. The minimum atomic E-state index is -4.51. The minimum absolute atomic E-state index is 0.0109. The third-order valence-electron chi connectivity index (χ3n) is 4.71. The van der Waals surface area contributed by atoms with Gasteiger partial charge in [-0.3, -0.25) is 4.99 Å². The number of piperazine rings is 1. The fourth-order valence-electron chi connectivity index (χ4n) is 3.26. The van der Waals surface area contributed by atoms with Gasteiger partial charge in [-0.2, -0.15) is 13.2 Å². The number of anilines is 1. The van der Waals surface area contributed by atoms with E-state index >= 15 is 0 Å². The van der Waals surface area contributed by atoms with Crippen molar-refractivity contribution in [1.82, 2.24) is 15.2 Å². The first kappa shape index (κ1) is 21.5. The molecule has 0 saturated carbocycles. The molecule has 1 aliphatic rings. The molecule has 10 heteroatoms. The maximum atomic E-state index is 13.0. The third-order valence-corrected chi connectivity index (χ3v) is 4.71. The molecule has 2 aromatic rings. The van der Waals surface area contributed by atoms with Crippen LogP contribution in [0.2, 0.25) is 0 Å². The maximum Gasteiger partial charge on any atom is 0.421 e. The van der Waals surface area contributed by atoms with Crippen LogP contribution in [0.25, 0.3) is 0 Å². The van der Waals surface area contributed by atoms with Gasteiger partial charge in [0.1, 0.15) is 17.9 Å². The highest BCUT2D eigenvalue weighted by Gasteiger charge is 2.35. The number of aromatic nitrogens is 1. The van der Waals surface area contributed by atoms with Gasteiger partial charge in [-0.1, -0.05) is 12.1 Å². The smallest absolute Gasteiger partial charge is 0.421 e.